The maximum Gasteiger partial charge on any atom is 0.120 e. The zero-order valence-electron chi connectivity index (χ0n) is 15.6. The Morgan fingerprint density at radius 3 is 2.96 bits per heavy atom. The summed E-state index contributed by atoms with van der Waals surface area (Å²) in [7, 11) is 2.03. The number of nitrogens with zero attached hydrogens (tertiary/aromatic N) is 2. The molecule has 26 heavy (non-hydrogen) atoms. The summed E-state index contributed by atoms with van der Waals surface area (Å²) in [5.74, 6) is 1.01. The van der Waals surface area contributed by atoms with Crippen LogP contribution in [-0.2, 0) is 18.3 Å². The molecule has 0 amide bonds. The molecule has 2 aliphatic rings. The van der Waals surface area contributed by atoms with Gasteiger partial charge in [-0.05, 0) is 56.2 Å². The van der Waals surface area contributed by atoms with Crippen LogP contribution in [0, 0.1) is 0 Å². The molecule has 0 radical (unpaired) electrons. The van der Waals surface area contributed by atoms with Gasteiger partial charge in [0.1, 0.15) is 11.9 Å². The molecule has 1 aromatic heterocycles. The van der Waals surface area contributed by atoms with E-state index in [1.54, 1.807) is 0 Å². The number of aromatic nitrogens is 2. The fraction of sp³-hybridized carbons (Fsp3) is 0.571. The highest BCUT2D eigenvalue weighted by Crippen LogP contribution is 2.28. The third-order valence-corrected chi connectivity index (χ3v) is 5.57. The van der Waals surface area contributed by atoms with Gasteiger partial charge in [-0.25, -0.2) is 4.98 Å². The van der Waals surface area contributed by atoms with E-state index in [0.717, 1.165) is 37.4 Å². The minimum absolute atomic E-state index is 0.130. The van der Waals surface area contributed by atoms with E-state index < -0.39 is 0 Å². The van der Waals surface area contributed by atoms with Crippen LogP contribution in [0.1, 0.15) is 55.9 Å². The Balaban J connectivity index is 1.31. The van der Waals surface area contributed by atoms with Crippen LogP contribution in [0.25, 0.3) is 0 Å². The van der Waals surface area contributed by atoms with Crippen LogP contribution >= 0.6 is 0 Å². The van der Waals surface area contributed by atoms with Gasteiger partial charge in [-0.2, -0.15) is 0 Å². The molecular weight excluding hydrogens is 326 g/mol. The zero-order chi connectivity index (χ0) is 17.8. The van der Waals surface area contributed by atoms with Gasteiger partial charge in [0.05, 0.1) is 24.3 Å². The molecule has 1 aliphatic carbocycles. The molecule has 0 bridgehead atoms. The highest BCUT2D eigenvalue weighted by molar-refractivity contribution is 5.28. The lowest BCUT2D eigenvalue weighted by molar-refractivity contribution is -0.00404. The Morgan fingerprint density at radius 1 is 1.27 bits per heavy atom. The fourth-order valence-corrected chi connectivity index (χ4v) is 4.06. The number of benzene rings is 1. The molecule has 0 spiro atoms. The van der Waals surface area contributed by atoms with Crippen LogP contribution in [0.2, 0.25) is 0 Å². The first kappa shape index (κ1) is 17.6. The summed E-state index contributed by atoms with van der Waals surface area (Å²) in [6, 6.07) is 9.00. The largest absolute Gasteiger partial charge is 0.490 e. The number of aryl methyl sites for hydroxylation is 1. The van der Waals surface area contributed by atoms with Gasteiger partial charge >= 0.3 is 0 Å². The third kappa shape index (κ3) is 4.27. The Bertz CT molecular complexity index is 709. The van der Waals surface area contributed by atoms with Crippen LogP contribution in [0.3, 0.4) is 0 Å². The second kappa shape index (κ2) is 8.23. The molecule has 2 aromatic rings. The van der Waals surface area contributed by atoms with Crippen molar-refractivity contribution in [2.75, 3.05) is 6.61 Å². The van der Waals surface area contributed by atoms with Crippen LogP contribution < -0.4 is 10.1 Å². The Kier molecular flexibility index (Phi) is 5.56. The topological polar surface area (TPSA) is 48.3 Å². The second-order valence-corrected chi connectivity index (χ2v) is 7.56. The lowest BCUT2D eigenvalue weighted by Gasteiger charge is -2.30. The predicted molar refractivity (Wildman–Crippen MR) is 101 cm³/mol. The highest BCUT2D eigenvalue weighted by atomic mass is 16.5. The summed E-state index contributed by atoms with van der Waals surface area (Å²) in [5, 5.41) is 3.70. The molecule has 1 aliphatic heterocycles. The van der Waals surface area contributed by atoms with Gasteiger partial charge in [0.2, 0.25) is 0 Å². The minimum atomic E-state index is 0.130. The molecule has 5 heteroatoms. The molecule has 1 N–H and O–H groups in total. The van der Waals surface area contributed by atoms with Crippen LogP contribution in [0.15, 0.2) is 36.8 Å². The minimum Gasteiger partial charge on any atom is -0.490 e. The van der Waals surface area contributed by atoms with E-state index in [9.17, 15) is 0 Å². The van der Waals surface area contributed by atoms with E-state index in [0.29, 0.717) is 12.1 Å². The van der Waals surface area contributed by atoms with Crippen molar-refractivity contribution in [2.24, 2.45) is 7.05 Å². The van der Waals surface area contributed by atoms with Gasteiger partial charge in [-0.1, -0.05) is 12.1 Å². The molecular formula is C21H29N3O2. The SMILES string of the molecule is Cn1cncc1[C@H]1C[C@H](NCc2cccc(OC3CCCC3)c2)CCO1. The first-order valence-electron chi connectivity index (χ1n) is 9.85. The fourth-order valence-electron chi connectivity index (χ4n) is 4.06. The van der Waals surface area contributed by atoms with E-state index in [1.165, 1.54) is 31.2 Å². The summed E-state index contributed by atoms with van der Waals surface area (Å²) >= 11 is 0. The average molecular weight is 355 g/mol. The van der Waals surface area contributed by atoms with Gasteiger partial charge in [0.15, 0.2) is 0 Å². The Morgan fingerprint density at radius 2 is 2.15 bits per heavy atom. The summed E-state index contributed by atoms with van der Waals surface area (Å²) in [6.07, 6.45) is 11.3. The summed E-state index contributed by atoms with van der Waals surface area (Å²) in [6.45, 7) is 1.66. The van der Waals surface area contributed by atoms with E-state index >= 15 is 0 Å². The number of hydrogen-bond acceptors (Lipinski definition) is 4. The van der Waals surface area contributed by atoms with Crippen molar-refractivity contribution in [3.05, 3.63) is 48.0 Å². The molecule has 5 nitrogen and oxygen atoms in total. The average Bonchev–Trinajstić information content (AvgIpc) is 3.32. The van der Waals surface area contributed by atoms with Crippen molar-refractivity contribution in [3.63, 3.8) is 0 Å². The number of nitrogens with one attached hydrogen (secondary N) is 1. The third-order valence-electron chi connectivity index (χ3n) is 5.57. The Hall–Kier alpha value is -1.85. The molecule has 4 rings (SSSR count). The summed E-state index contributed by atoms with van der Waals surface area (Å²) < 4.78 is 14.1. The van der Waals surface area contributed by atoms with Crippen LogP contribution in [0.5, 0.6) is 5.75 Å². The zero-order valence-corrected chi connectivity index (χ0v) is 15.6. The number of rotatable bonds is 6. The van der Waals surface area contributed by atoms with E-state index in [2.05, 4.69) is 39.1 Å². The van der Waals surface area contributed by atoms with E-state index in [1.807, 2.05) is 19.6 Å². The molecule has 1 saturated heterocycles. The van der Waals surface area contributed by atoms with Gasteiger partial charge in [0, 0.05) is 26.2 Å². The highest BCUT2D eigenvalue weighted by Gasteiger charge is 2.25. The van der Waals surface area contributed by atoms with E-state index in [-0.39, 0.29) is 6.10 Å². The molecule has 1 saturated carbocycles. The smallest absolute Gasteiger partial charge is 0.120 e. The number of imidazole rings is 1. The van der Waals surface area contributed by atoms with Crippen molar-refractivity contribution in [3.8, 4) is 5.75 Å². The molecule has 2 fully saturated rings. The van der Waals surface area contributed by atoms with Gasteiger partial charge in [-0.3, -0.25) is 0 Å². The number of hydrogen-bond donors (Lipinski definition) is 1. The second-order valence-electron chi connectivity index (χ2n) is 7.56. The van der Waals surface area contributed by atoms with E-state index in [4.69, 9.17) is 9.47 Å². The van der Waals surface area contributed by atoms with Crippen LogP contribution in [0.4, 0.5) is 0 Å². The molecule has 140 valence electrons. The van der Waals surface area contributed by atoms with Gasteiger partial charge < -0.3 is 19.4 Å². The monoisotopic (exact) mass is 355 g/mol. The van der Waals surface area contributed by atoms with Crippen molar-refractivity contribution in [1.82, 2.24) is 14.9 Å². The Labute approximate surface area is 155 Å². The van der Waals surface area contributed by atoms with Crippen molar-refractivity contribution in [1.29, 1.82) is 0 Å². The van der Waals surface area contributed by atoms with Crippen molar-refractivity contribution >= 4 is 0 Å². The lowest BCUT2D eigenvalue weighted by atomic mass is 10.0. The normalized spacial score (nSPS) is 24.0. The first-order chi connectivity index (χ1) is 12.8. The van der Waals surface area contributed by atoms with Gasteiger partial charge in [-0.15, -0.1) is 0 Å². The maximum atomic E-state index is 6.13. The van der Waals surface area contributed by atoms with Crippen molar-refractivity contribution in [2.45, 2.75) is 63.3 Å². The van der Waals surface area contributed by atoms with Crippen molar-refractivity contribution < 1.29 is 9.47 Å². The predicted octanol–water partition coefficient (Wildman–Crippen LogP) is 3.75. The number of ether oxygens (including phenoxy) is 2. The molecule has 0 unspecified atom stereocenters. The maximum absolute atomic E-state index is 6.13. The van der Waals surface area contributed by atoms with Crippen LogP contribution in [-0.4, -0.2) is 28.3 Å². The quantitative estimate of drug-likeness (QED) is 0.857. The lowest BCUT2D eigenvalue weighted by Crippen LogP contribution is -2.36. The summed E-state index contributed by atoms with van der Waals surface area (Å²) in [5.41, 5.74) is 2.44. The standard InChI is InChI=1S/C21H29N3O2/c1-24-15-22-14-20(24)21-12-17(9-10-25-21)23-13-16-5-4-8-19(11-16)26-18-6-2-3-7-18/h4-5,8,11,14-15,17-18,21,23H,2-3,6-7,9-10,12-13H2,1H3/t17-,21-/m1/s1. The van der Waals surface area contributed by atoms with Gasteiger partial charge in [0.25, 0.3) is 0 Å². The molecule has 1 aromatic carbocycles. The summed E-state index contributed by atoms with van der Waals surface area (Å²) in [4.78, 5) is 4.22. The first-order valence-corrected chi connectivity index (χ1v) is 9.85. The molecule has 2 atom stereocenters. The molecule has 2 heterocycles.